The summed E-state index contributed by atoms with van der Waals surface area (Å²) in [5, 5.41) is 6.79. The van der Waals surface area contributed by atoms with Gasteiger partial charge < -0.3 is 20.3 Å². The van der Waals surface area contributed by atoms with Gasteiger partial charge >= 0.3 is 0 Å². The predicted molar refractivity (Wildman–Crippen MR) is 120 cm³/mol. The lowest BCUT2D eigenvalue weighted by Gasteiger charge is -2.18. The number of amides is 1. The Labute approximate surface area is 179 Å². The summed E-state index contributed by atoms with van der Waals surface area (Å²) in [4.78, 5) is 18.6. The van der Waals surface area contributed by atoms with Crippen LogP contribution in [-0.4, -0.2) is 42.4 Å². The van der Waals surface area contributed by atoms with Crippen molar-refractivity contribution in [2.45, 2.75) is 45.9 Å². The van der Waals surface area contributed by atoms with Crippen molar-refractivity contribution in [3.05, 3.63) is 65.7 Å². The molecule has 1 heterocycles. The molecule has 3 rings (SSSR count). The summed E-state index contributed by atoms with van der Waals surface area (Å²) < 4.78 is 5.85. The monoisotopic (exact) mass is 408 g/mol. The first-order valence-corrected chi connectivity index (χ1v) is 10.8. The molecule has 6 heteroatoms. The number of para-hydroxylation sites is 1. The molecule has 0 aliphatic carbocycles. The van der Waals surface area contributed by atoms with Gasteiger partial charge in [0, 0.05) is 32.1 Å². The average molecular weight is 409 g/mol. The van der Waals surface area contributed by atoms with E-state index < -0.39 is 0 Å². The van der Waals surface area contributed by atoms with E-state index in [1.807, 2.05) is 48.2 Å². The second-order valence-corrected chi connectivity index (χ2v) is 7.44. The van der Waals surface area contributed by atoms with Gasteiger partial charge in [0.25, 0.3) is 0 Å². The Bertz CT molecular complexity index is 838. The fourth-order valence-electron chi connectivity index (χ4n) is 3.51. The quantitative estimate of drug-likeness (QED) is 0.519. The first-order chi connectivity index (χ1) is 14.7. The zero-order chi connectivity index (χ0) is 21.2. The third kappa shape index (κ3) is 6.51. The molecule has 0 saturated carbocycles. The first-order valence-electron chi connectivity index (χ1n) is 10.8. The maximum atomic E-state index is 11.9. The van der Waals surface area contributed by atoms with E-state index in [9.17, 15) is 4.79 Å². The zero-order valence-corrected chi connectivity index (χ0v) is 17.9. The van der Waals surface area contributed by atoms with E-state index in [0.717, 1.165) is 48.9 Å². The minimum Gasteiger partial charge on any atom is -0.489 e. The number of likely N-dealkylation sites (tertiary alicyclic amines) is 1. The van der Waals surface area contributed by atoms with Crippen LogP contribution < -0.4 is 15.4 Å². The molecule has 1 unspecified atom stereocenters. The first kappa shape index (κ1) is 21.7. The molecule has 160 valence electrons. The lowest BCUT2D eigenvalue weighted by atomic mass is 10.1. The lowest BCUT2D eigenvalue weighted by Crippen LogP contribution is -2.45. The van der Waals surface area contributed by atoms with Crippen molar-refractivity contribution in [2.24, 2.45) is 4.99 Å². The molecule has 2 aromatic carbocycles. The molecule has 1 aliphatic heterocycles. The molecule has 1 aliphatic rings. The van der Waals surface area contributed by atoms with Gasteiger partial charge in [-0.2, -0.15) is 0 Å². The Morgan fingerprint density at radius 3 is 2.70 bits per heavy atom. The smallest absolute Gasteiger partial charge is 0.222 e. The summed E-state index contributed by atoms with van der Waals surface area (Å²) in [5.41, 5.74) is 2.25. The van der Waals surface area contributed by atoms with Crippen molar-refractivity contribution in [3.63, 3.8) is 0 Å². The Morgan fingerprint density at radius 1 is 1.13 bits per heavy atom. The number of hydrogen-bond donors (Lipinski definition) is 2. The minimum atomic E-state index is 0.218. The van der Waals surface area contributed by atoms with Crippen LogP contribution in [0, 0.1) is 0 Å². The maximum Gasteiger partial charge on any atom is 0.222 e. The van der Waals surface area contributed by atoms with Gasteiger partial charge in [-0.3, -0.25) is 4.79 Å². The Kier molecular flexibility index (Phi) is 8.12. The van der Waals surface area contributed by atoms with Crippen LogP contribution in [0.3, 0.4) is 0 Å². The second kappa shape index (κ2) is 11.2. The molecule has 1 saturated heterocycles. The molecule has 1 fully saturated rings. The zero-order valence-electron chi connectivity index (χ0n) is 17.9. The van der Waals surface area contributed by atoms with E-state index in [-0.39, 0.29) is 11.9 Å². The van der Waals surface area contributed by atoms with Crippen LogP contribution in [-0.2, 0) is 17.9 Å². The molecule has 0 bridgehead atoms. The summed E-state index contributed by atoms with van der Waals surface area (Å²) in [7, 11) is 0. The van der Waals surface area contributed by atoms with Crippen LogP contribution in [0.1, 0.15) is 37.8 Å². The van der Waals surface area contributed by atoms with Gasteiger partial charge in [-0.05, 0) is 36.6 Å². The molecular formula is C24H32N4O2. The predicted octanol–water partition coefficient (Wildman–Crippen LogP) is 3.33. The van der Waals surface area contributed by atoms with E-state index in [1.165, 1.54) is 0 Å². The second-order valence-electron chi connectivity index (χ2n) is 7.44. The third-order valence-electron chi connectivity index (χ3n) is 5.09. The molecular weight excluding hydrogens is 376 g/mol. The van der Waals surface area contributed by atoms with Crippen LogP contribution >= 0.6 is 0 Å². The number of carbonyl (C=O) groups excluding carboxylic acids is 1. The van der Waals surface area contributed by atoms with Crippen molar-refractivity contribution >= 4 is 11.9 Å². The summed E-state index contributed by atoms with van der Waals surface area (Å²) in [6.07, 6.45) is 1.51. The summed E-state index contributed by atoms with van der Waals surface area (Å²) in [6.45, 7) is 7.42. The molecule has 0 spiro atoms. The molecule has 1 atom stereocenters. The number of nitrogens with one attached hydrogen (secondary N) is 2. The highest BCUT2D eigenvalue weighted by Crippen LogP contribution is 2.14. The number of nitrogens with zero attached hydrogens (tertiary/aromatic N) is 2. The molecule has 2 N–H and O–H groups in total. The van der Waals surface area contributed by atoms with E-state index in [4.69, 9.17) is 9.73 Å². The van der Waals surface area contributed by atoms with Crippen LogP contribution in [0.15, 0.2) is 59.6 Å². The van der Waals surface area contributed by atoms with E-state index in [0.29, 0.717) is 19.6 Å². The summed E-state index contributed by atoms with van der Waals surface area (Å²) in [6, 6.07) is 18.4. The van der Waals surface area contributed by atoms with Gasteiger partial charge in [0.15, 0.2) is 5.96 Å². The molecule has 1 amide bonds. The average Bonchev–Trinajstić information content (AvgIpc) is 3.25. The Hall–Kier alpha value is -3.02. The van der Waals surface area contributed by atoms with E-state index in [2.05, 4.69) is 35.8 Å². The third-order valence-corrected chi connectivity index (χ3v) is 5.09. The van der Waals surface area contributed by atoms with Crippen molar-refractivity contribution in [2.75, 3.05) is 19.6 Å². The van der Waals surface area contributed by atoms with E-state index >= 15 is 0 Å². The van der Waals surface area contributed by atoms with Gasteiger partial charge in [-0.1, -0.05) is 49.4 Å². The largest absolute Gasteiger partial charge is 0.489 e. The number of guanidine groups is 1. The van der Waals surface area contributed by atoms with Crippen molar-refractivity contribution in [3.8, 4) is 5.75 Å². The standard InChI is InChI=1S/C24H32N4O2/c1-3-23(29)28-14-13-21(17-28)27-24(25-4-2)26-16-19-9-8-10-20(15-19)18-30-22-11-6-5-7-12-22/h5-12,15,21H,3-4,13-14,16-18H2,1-2H3,(H2,25,26,27). The number of rotatable bonds is 8. The molecule has 6 nitrogen and oxygen atoms in total. The number of ether oxygens (including phenoxy) is 1. The van der Waals surface area contributed by atoms with Gasteiger partial charge in [0.05, 0.1) is 6.54 Å². The molecule has 0 radical (unpaired) electrons. The number of aliphatic imine (C=N–C) groups is 1. The van der Waals surface area contributed by atoms with Crippen LogP contribution in [0.2, 0.25) is 0 Å². The van der Waals surface area contributed by atoms with Gasteiger partial charge in [0.2, 0.25) is 5.91 Å². The fraction of sp³-hybridized carbons (Fsp3) is 0.417. The highest BCUT2D eigenvalue weighted by molar-refractivity contribution is 5.80. The maximum absolute atomic E-state index is 11.9. The fourth-order valence-corrected chi connectivity index (χ4v) is 3.51. The summed E-state index contributed by atoms with van der Waals surface area (Å²) in [5.74, 6) is 1.88. The molecule has 30 heavy (non-hydrogen) atoms. The topological polar surface area (TPSA) is 66.0 Å². The lowest BCUT2D eigenvalue weighted by molar-refractivity contribution is -0.129. The number of carbonyl (C=O) groups is 1. The van der Waals surface area contributed by atoms with Crippen LogP contribution in [0.4, 0.5) is 0 Å². The van der Waals surface area contributed by atoms with Crippen LogP contribution in [0.25, 0.3) is 0 Å². The highest BCUT2D eigenvalue weighted by Gasteiger charge is 2.25. The van der Waals surface area contributed by atoms with Crippen molar-refractivity contribution in [1.82, 2.24) is 15.5 Å². The number of benzene rings is 2. The number of hydrogen-bond acceptors (Lipinski definition) is 3. The van der Waals surface area contributed by atoms with Crippen LogP contribution in [0.5, 0.6) is 5.75 Å². The SMILES string of the molecule is CCNC(=NCc1cccc(COc2ccccc2)c1)NC1CCN(C(=O)CC)C1. The van der Waals surface area contributed by atoms with Crippen molar-refractivity contribution in [1.29, 1.82) is 0 Å². The summed E-state index contributed by atoms with van der Waals surface area (Å²) >= 11 is 0. The van der Waals surface area contributed by atoms with E-state index in [1.54, 1.807) is 0 Å². The Balaban J connectivity index is 1.56. The van der Waals surface area contributed by atoms with Gasteiger partial charge in [-0.25, -0.2) is 4.99 Å². The molecule has 0 aromatic heterocycles. The normalized spacial score (nSPS) is 16.4. The van der Waals surface area contributed by atoms with Gasteiger partial charge in [-0.15, -0.1) is 0 Å². The minimum absolute atomic E-state index is 0.218. The van der Waals surface area contributed by atoms with Crippen molar-refractivity contribution < 1.29 is 9.53 Å². The van der Waals surface area contributed by atoms with Gasteiger partial charge in [0.1, 0.15) is 12.4 Å². The Morgan fingerprint density at radius 2 is 1.93 bits per heavy atom. The molecule has 2 aromatic rings. The highest BCUT2D eigenvalue weighted by atomic mass is 16.5.